The van der Waals surface area contributed by atoms with E-state index in [0.717, 1.165) is 17.7 Å². The third-order valence-electron chi connectivity index (χ3n) is 6.06. The maximum Gasteiger partial charge on any atom is 0.416 e. The van der Waals surface area contributed by atoms with Crippen molar-refractivity contribution in [2.24, 2.45) is 0 Å². The summed E-state index contributed by atoms with van der Waals surface area (Å²) in [4.78, 5) is 31.8. The Kier molecular flexibility index (Phi) is 9.68. The molecule has 0 unspecified atom stereocenters. The fourth-order valence-electron chi connectivity index (χ4n) is 3.83. The van der Waals surface area contributed by atoms with Crippen LogP contribution in [0.15, 0.2) is 48.9 Å². The van der Waals surface area contributed by atoms with Crippen molar-refractivity contribution < 1.29 is 27.1 Å². The molecule has 2 aromatic heterocycles. The quantitative estimate of drug-likeness (QED) is 0.144. The van der Waals surface area contributed by atoms with Crippen LogP contribution in [0.25, 0.3) is 11.0 Å². The normalized spacial score (nSPS) is 11.5. The van der Waals surface area contributed by atoms with Gasteiger partial charge in [-0.15, -0.1) is 0 Å². The molecular formula is C28H30F4N8O2. The zero-order valence-corrected chi connectivity index (χ0v) is 23.2. The molecule has 42 heavy (non-hydrogen) atoms. The van der Waals surface area contributed by atoms with E-state index in [1.54, 1.807) is 18.2 Å². The highest BCUT2D eigenvalue weighted by Gasteiger charge is 2.31. The van der Waals surface area contributed by atoms with Gasteiger partial charge in [-0.2, -0.15) is 13.2 Å². The van der Waals surface area contributed by atoms with Crippen LogP contribution in [0.2, 0.25) is 0 Å². The van der Waals surface area contributed by atoms with Crippen molar-refractivity contribution in [3.63, 3.8) is 0 Å². The van der Waals surface area contributed by atoms with Crippen LogP contribution in [0, 0.1) is 6.92 Å². The molecule has 222 valence electrons. The van der Waals surface area contributed by atoms with Gasteiger partial charge in [-0.25, -0.2) is 24.3 Å². The van der Waals surface area contributed by atoms with Crippen molar-refractivity contribution in [1.29, 1.82) is 0 Å². The second kappa shape index (κ2) is 13.4. The molecule has 0 saturated carbocycles. The largest absolute Gasteiger partial charge is 0.492 e. The van der Waals surface area contributed by atoms with Gasteiger partial charge in [-0.3, -0.25) is 4.79 Å². The van der Waals surface area contributed by atoms with Gasteiger partial charge in [0, 0.05) is 36.1 Å². The summed E-state index contributed by atoms with van der Waals surface area (Å²) in [6.07, 6.45) is -1.76. The van der Waals surface area contributed by atoms with Crippen LogP contribution in [0.4, 0.5) is 40.7 Å². The Balaban J connectivity index is 1.51. The number of hydrogen-bond acceptors (Lipinski definition) is 10. The zero-order chi connectivity index (χ0) is 30.3. The number of ether oxygens (including phenoxy) is 1. The number of aromatic nitrogens is 4. The van der Waals surface area contributed by atoms with E-state index in [9.17, 15) is 22.4 Å². The average molecular weight is 587 g/mol. The topological polar surface area (TPSA) is 117 Å². The molecule has 3 N–H and O–H groups in total. The minimum absolute atomic E-state index is 0.0462. The lowest BCUT2D eigenvalue weighted by atomic mass is 10.1. The van der Waals surface area contributed by atoms with Crippen LogP contribution in [0.3, 0.4) is 0 Å². The molecule has 0 spiro atoms. The Hall–Kier alpha value is -4.59. The van der Waals surface area contributed by atoms with Crippen LogP contribution in [0.5, 0.6) is 5.75 Å². The monoisotopic (exact) mass is 586 g/mol. The minimum Gasteiger partial charge on any atom is -0.492 e. The van der Waals surface area contributed by atoms with Gasteiger partial charge in [-0.05, 0) is 44.8 Å². The number of fused-ring (bicyclic) bond motifs is 1. The maximum atomic E-state index is 13.5. The molecule has 0 saturated heterocycles. The molecule has 4 rings (SSSR count). The van der Waals surface area contributed by atoms with E-state index in [-0.39, 0.29) is 42.9 Å². The molecule has 0 atom stereocenters. The van der Waals surface area contributed by atoms with E-state index >= 15 is 0 Å². The van der Waals surface area contributed by atoms with E-state index in [2.05, 4.69) is 35.9 Å². The lowest BCUT2D eigenvalue weighted by molar-refractivity contribution is -0.137. The van der Waals surface area contributed by atoms with E-state index in [0.29, 0.717) is 34.6 Å². The molecule has 0 aliphatic rings. The molecule has 0 fully saturated rings. The first-order valence-electron chi connectivity index (χ1n) is 13.0. The lowest BCUT2D eigenvalue weighted by Gasteiger charge is -2.16. The number of alkyl halides is 4. The van der Waals surface area contributed by atoms with Gasteiger partial charge < -0.3 is 25.6 Å². The molecule has 0 aliphatic carbocycles. The van der Waals surface area contributed by atoms with Gasteiger partial charge in [0.25, 0.3) is 0 Å². The first-order valence-corrected chi connectivity index (χ1v) is 13.0. The molecule has 0 amide bonds. The van der Waals surface area contributed by atoms with Crippen LogP contribution in [0.1, 0.15) is 21.5 Å². The second-order valence-electron chi connectivity index (χ2n) is 9.59. The number of carbonyl (C=O) groups is 1. The maximum absolute atomic E-state index is 13.5. The number of benzene rings is 2. The summed E-state index contributed by atoms with van der Waals surface area (Å²) in [6.45, 7) is 1.76. The van der Waals surface area contributed by atoms with E-state index in [1.807, 2.05) is 25.9 Å². The number of likely N-dealkylation sites (N-methyl/N-ethyl adjacent to an activating group) is 1. The number of ketones is 1. The highest BCUT2D eigenvalue weighted by Crippen LogP contribution is 2.34. The summed E-state index contributed by atoms with van der Waals surface area (Å²) in [5.41, 5.74) is 1.75. The van der Waals surface area contributed by atoms with Gasteiger partial charge in [0.05, 0.1) is 18.3 Å². The molecule has 14 heteroatoms. The number of rotatable bonds is 13. The summed E-state index contributed by atoms with van der Waals surface area (Å²) in [7, 11) is 3.66. The van der Waals surface area contributed by atoms with Crippen molar-refractivity contribution in [3.05, 3.63) is 65.6 Å². The van der Waals surface area contributed by atoms with Crippen LogP contribution < -0.4 is 20.7 Å². The first-order chi connectivity index (χ1) is 20.0. The molecule has 2 heterocycles. The molecule has 0 aliphatic heterocycles. The van der Waals surface area contributed by atoms with E-state index in [4.69, 9.17) is 4.74 Å². The number of anilines is 4. The number of nitrogens with one attached hydrogen (secondary N) is 3. The number of halogens is 4. The van der Waals surface area contributed by atoms with Gasteiger partial charge >= 0.3 is 6.18 Å². The van der Waals surface area contributed by atoms with Gasteiger partial charge in [0.1, 0.15) is 36.4 Å². The Morgan fingerprint density at radius 2 is 1.86 bits per heavy atom. The van der Waals surface area contributed by atoms with Crippen molar-refractivity contribution in [1.82, 2.24) is 24.8 Å². The number of Topliss-reactive ketones (excluding diaryl/α,β-unsaturated/α-hetero) is 1. The molecule has 0 bridgehead atoms. The number of carbonyl (C=O) groups excluding carboxylic acids is 1. The summed E-state index contributed by atoms with van der Waals surface area (Å²) >= 11 is 0. The fourth-order valence-corrected chi connectivity index (χ4v) is 3.83. The van der Waals surface area contributed by atoms with Gasteiger partial charge in [-0.1, -0.05) is 12.1 Å². The number of nitrogens with zero attached hydrogens (tertiary/aromatic N) is 5. The molecule has 2 aromatic carbocycles. The molecule has 4 aromatic rings. The zero-order valence-electron chi connectivity index (χ0n) is 23.2. The molecule has 10 nitrogen and oxygen atoms in total. The SMILES string of the molecule is Cc1ccc(C(=O)CNc2cc(OCCN(C)C)cc(C(F)(F)F)c2)cc1Nc1ncnc2cnc(NCCF)nc12. The second-order valence-corrected chi connectivity index (χ2v) is 9.59. The predicted octanol–water partition coefficient (Wildman–Crippen LogP) is 5.11. The minimum atomic E-state index is -4.58. The summed E-state index contributed by atoms with van der Waals surface area (Å²) in [5, 5.41) is 8.73. The van der Waals surface area contributed by atoms with Gasteiger partial charge in [0.2, 0.25) is 5.95 Å². The lowest BCUT2D eigenvalue weighted by Crippen LogP contribution is -2.20. The highest BCUT2D eigenvalue weighted by atomic mass is 19.4. The third kappa shape index (κ3) is 8.00. The molecule has 0 radical (unpaired) electrons. The Labute approximate surface area is 239 Å². The highest BCUT2D eigenvalue weighted by molar-refractivity contribution is 6.00. The van der Waals surface area contributed by atoms with Gasteiger partial charge in [0.15, 0.2) is 11.6 Å². The first kappa shape index (κ1) is 30.4. The fraction of sp³-hybridized carbons (Fsp3) is 0.321. The van der Waals surface area contributed by atoms with E-state index < -0.39 is 18.4 Å². The van der Waals surface area contributed by atoms with Crippen molar-refractivity contribution >= 4 is 40.0 Å². The van der Waals surface area contributed by atoms with Crippen LogP contribution in [-0.2, 0) is 6.18 Å². The van der Waals surface area contributed by atoms with Crippen LogP contribution in [-0.4, -0.2) is 77.6 Å². The number of hydrogen-bond donors (Lipinski definition) is 3. The van der Waals surface area contributed by atoms with Crippen LogP contribution >= 0.6 is 0 Å². The standard InChI is InChI=1S/C28H30F4N8O2/c1-17-4-5-18(10-22(17)38-26-25-23(36-16-37-26)14-35-27(39-25)33-7-6-29)24(41)15-34-20-11-19(28(30,31)32)12-21(13-20)42-9-8-40(2)3/h4-5,10-14,16,34H,6-9,15H2,1-3H3,(H,33,35,39)(H,36,37,38). The van der Waals surface area contributed by atoms with Crippen molar-refractivity contribution in [3.8, 4) is 5.75 Å². The average Bonchev–Trinajstić information content (AvgIpc) is 2.95. The van der Waals surface area contributed by atoms with E-state index in [1.165, 1.54) is 18.6 Å². The number of aryl methyl sites for hydroxylation is 1. The Bertz CT molecular complexity index is 1550. The summed E-state index contributed by atoms with van der Waals surface area (Å²) in [6, 6.07) is 8.29. The summed E-state index contributed by atoms with van der Waals surface area (Å²) < 4.78 is 58.6. The van der Waals surface area contributed by atoms with Crippen molar-refractivity contribution in [2.75, 3.05) is 63.0 Å². The Morgan fingerprint density at radius 1 is 1.05 bits per heavy atom. The Morgan fingerprint density at radius 3 is 2.60 bits per heavy atom. The molecular weight excluding hydrogens is 556 g/mol. The third-order valence-corrected chi connectivity index (χ3v) is 6.06. The summed E-state index contributed by atoms with van der Waals surface area (Å²) in [5.74, 6) is 0.262. The van der Waals surface area contributed by atoms with Crippen molar-refractivity contribution in [2.45, 2.75) is 13.1 Å². The predicted molar refractivity (Wildman–Crippen MR) is 152 cm³/mol. The smallest absolute Gasteiger partial charge is 0.416 e.